The van der Waals surface area contributed by atoms with Crippen molar-refractivity contribution in [1.82, 2.24) is 5.16 Å². The summed E-state index contributed by atoms with van der Waals surface area (Å²) in [5.41, 5.74) is 7.14. The maximum absolute atomic E-state index is 5.63. The normalized spacial score (nSPS) is 10.4. The van der Waals surface area contributed by atoms with Crippen LogP contribution >= 0.6 is 0 Å². The smallest absolute Gasteiger partial charge is 0.222 e. The minimum Gasteiger partial charge on any atom is -0.490 e. The van der Waals surface area contributed by atoms with Gasteiger partial charge in [-0.1, -0.05) is 23.4 Å². The van der Waals surface area contributed by atoms with Gasteiger partial charge >= 0.3 is 0 Å². The second-order valence-electron chi connectivity index (χ2n) is 4.65. The van der Waals surface area contributed by atoms with Crippen molar-refractivity contribution >= 4 is 5.88 Å². The monoisotopic (exact) mass is 296 g/mol. The molecule has 0 aliphatic carbocycles. The lowest BCUT2D eigenvalue weighted by atomic mass is 10.1. The number of nitrogen functional groups attached to an aromatic ring is 1. The van der Waals surface area contributed by atoms with Crippen LogP contribution in [0, 0.1) is 0 Å². The van der Waals surface area contributed by atoms with E-state index in [1.807, 2.05) is 54.6 Å². The molecule has 0 saturated heterocycles. The second-order valence-corrected chi connectivity index (χ2v) is 4.65. The van der Waals surface area contributed by atoms with E-state index in [0.717, 1.165) is 17.1 Å². The highest BCUT2D eigenvalue weighted by Gasteiger charge is 2.04. The first-order chi connectivity index (χ1) is 10.8. The summed E-state index contributed by atoms with van der Waals surface area (Å²) in [6, 6.07) is 18.9. The van der Waals surface area contributed by atoms with Crippen LogP contribution in [0.1, 0.15) is 0 Å². The number of nitrogens with zero attached hydrogens (tertiary/aromatic N) is 1. The molecular weight excluding hydrogens is 280 g/mol. The molecule has 0 aliphatic rings. The first-order valence-electron chi connectivity index (χ1n) is 6.94. The Hall–Kier alpha value is -2.95. The molecule has 3 rings (SSSR count). The number of benzene rings is 2. The van der Waals surface area contributed by atoms with Crippen LogP contribution in [0.3, 0.4) is 0 Å². The Morgan fingerprint density at radius 3 is 2.09 bits per heavy atom. The van der Waals surface area contributed by atoms with Gasteiger partial charge in [0, 0.05) is 11.6 Å². The Morgan fingerprint density at radius 2 is 1.50 bits per heavy atom. The molecule has 0 bridgehead atoms. The molecule has 3 aromatic rings. The Labute approximate surface area is 128 Å². The quantitative estimate of drug-likeness (QED) is 0.706. The van der Waals surface area contributed by atoms with Crippen molar-refractivity contribution in [2.24, 2.45) is 0 Å². The average Bonchev–Trinajstić information content (AvgIpc) is 3.00. The summed E-state index contributed by atoms with van der Waals surface area (Å²) in [7, 11) is 0. The largest absolute Gasteiger partial charge is 0.490 e. The Balaban J connectivity index is 1.49. The molecule has 0 unspecified atom stereocenters. The minimum absolute atomic E-state index is 0.299. The van der Waals surface area contributed by atoms with Gasteiger partial charge in [0.05, 0.1) is 0 Å². The van der Waals surface area contributed by atoms with E-state index in [4.69, 9.17) is 19.7 Å². The van der Waals surface area contributed by atoms with Crippen LogP contribution in [0.4, 0.5) is 5.88 Å². The van der Waals surface area contributed by atoms with Crippen LogP contribution in [0.15, 0.2) is 65.2 Å². The number of rotatable bonds is 6. The fraction of sp³-hybridized carbons (Fsp3) is 0.118. The number of ether oxygens (including phenoxy) is 2. The Kier molecular flexibility index (Phi) is 4.25. The van der Waals surface area contributed by atoms with E-state index in [2.05, 4.69) is 5.16 Å². The summed E-state index contributed by atoms with van der Waals surface area (Å²) in [6.07, 6.45) is 0. The summed E-state index contributed by atoms with van der Waals surface area (Å²) in [5, 5.41) is 3.86. The first kappa shape index (κ1) is 14.0. The molecule has 0 radical (unpaired) electrons. The number of aromatic nitrogens is 1. The summed E-state index contributed by atoms with van der Waals surface area (Å²) >= 11 is 0. The zero-order valence-corrected chi connectivity index (χ0v) is 11.9. The molecule has 0 amide bonds. The lowest BCUT2D eigenvalue weighted by molar-refractivity contribution is 0.217. The van der Waals surface area contributed by atoms with Crippen LogP contribution in [0.2, 0.25) is 0 Å². The molecular formula is C17H16N2O3. The van der Waals surface area contributed by atoms with Crippen LogP contribution in [0.5, 0.6) is 11.5 Å². The highest BCUT2D eigenvalue weighted by molar-refractivity contribution is 5.61. The Morgan fingerprint density at radius 1 is 0.864 bits per heavy atom. The molecule has 2 aromatic carbocycles. The van der Waals surface area contributed by atoms with Crippen LogP contribution in [-0.2, 0) is 0 Å². The molecule has 112 valence electrons. The van der Waals surface area contributed by atoms with Gasteiger partial charge in [-0.3, -0.25) is 0 Å². The van der Waals surface area contributed by atoms with Gasteiger partial charge in [-0.25, -0.2) is 0 Å². The standard InChI is InChI=1S/C17H16N2O3/c18-17-12-16(19-22-17)13-6-8-15(9-7-13)21-11-10-20-14-4-2-1-3-5-14/h1-9,12H,10-11,18H2. The third-order valence-electron chi connectivity index (χ3n) is 3.04. The summed E-state index contributed by atoms with van der Waals surface area (Å²) in [4.78, 5) is 0. The summed E-state index contributed by atoms with van der Waals surface area (Å²) < 4.78 is 16.0. The van der Waals surface area contributed by atoms with Gasteiger partial charge in [0.25, 0.3) is 0 Å². The Bertz CT molecular complexity index is 708. The van der Waals surface area contributed by atoms with Gasteiger partial charge < -0.3 is 19.7 Å². The topological polar surface area (TPSA) is 70.5 Å². The molecule has 0 saturated carbocycles. The van der Waals surface area contributed by atoms with Crippen molar-refractivity contribution in [1.29, 1.82) is 0 Å². The van der Waals surface area contributed by atoms with Crippen molar-refractivity contribution < 1.29 is 14.0 Å². The van der Waals surface area contributed by atoms with Crippen molar-refractivity contribution in [2.45, 2.75) is 0 Å². The molecule has 1 aromatic heterocycles. The van der Waals surface area contributed by atoms with E-state index in [1.165, 1.54) is 0 Å². The predicted octanol–water partition coefficient (Wildman–Crippen LogP) is 3.38. The van der Waals surface area contributed by atoms with E-state index in [-0.39, 0.29) is 0 Å². The van der Waals surface area contributed by atoms with Crippen molar-refractivity contribution in [2.75, 3.05) is 18.9 Å². The summed E-state index contributed by atoms with van der Waals surface area (Å²) in [6.45, 7) is 0.969. The van der Waals surface area contributed by atoms with E-state index in [0.29, 0.717) is 24.8 Å². The van der Waals surface area contributed by atoms with Crippen molar-refractivity contribution in [3.63, 3.8) is 0 Å². The van der Waals surface area contributed by atoms with Gasteiger partial charge in [0.15, 0.2) is 0 Å². The van der Waals surface area contributed by atoms with Gasteiger partial charge in [0.1, 0.15) is 30.4 Å². The molecule has 5 heteroatoms. The third-order valence-corrected chi connectivity index (χ3v) is 3.04. The van der Waals surface area contributed by atoms with Gasteiger partial charge in [-0.15, -0.1) is 0 Å². The lowest BCUT2D eigenvalue weighted by Crippen LogP contribution is -2.08. The molecule has 1 heterocycles. The lowest BCUT2D eigenvalue weighted by Gasteiger charge is -2.08. The second kappa shape index (κ2) is 6.67. The SMILES string of the molecule is Nc1cc(-c2ccc(OCCOc3ccccc3)cc2)no1. The molecule has 5 nitrogen and oxygen atoms in total. The number of hydrogen-bond acceptors (Lipinski definition) is 5. The molecule has 0 aliphatic heterocycles. The van der Waals surface area contributed by atoms with Crippen LogP contribution in [-0.4, -0.2) is 18.4 Å². The third kappa shape index (κ3) is 3.58. The highest BCUT2D eigenvalue weighted by atomic mass is 16.5. The maximum Gasteiger partial charge on any atom is 0.222 e. The average molecular weight is 296 g/mol. The van der Waals surface area contributed by atoms with E-state index < -0.39 is 0 Å². The number of hydrogen-bond donors (Lipinski definition) is 1. The van der Waals surface area contributed by atoms with E-state index in [1.54, 1.807) is 6.07 Å². The zero-order chi connectivity index (χ0) is 15.2. The number of para-hydroxylation sites is 1. The minimum atomic E-state index is 0.299. The molecule has 22 heavy (non-hydrogen) atoms. The van der Waals surface area contributed by atoms with E-state index >= 15 is 0 Å². The van der Waals surface area contributed by atoms with Crippen molar-refractivity contribution in [3.8, 4) is 22.8 Å². The molecule has 0 atom stereocenters. The highest BCUT2D eigenvalue weighted by Crippen LogP contribution is 2.22. The van der Waals surface area contributed by atoms with Crippen LogP contribution in [0.25, 0.3) is 11.3 Å². The fourth-order valence-electron chi connectivity index (χ4n) is 1.98. The molecule has 2 N–H and O–H groups in total. The first-order valence-corrected chi connectivity index (χ1v) is 6.94. The maximum atomic E-state index is 5.63. The van der Waals surface area contributed by atoms with Crippen LogP contribution < -0.4 is 15.2 Å². The predicted molar refractivity (Wildman–Crippen MR) is 83.8 cm³/mol. The zero-order valence-electron chi connectivity index (χ0n) is 11.9. The van der Waals surface area contributed by atoms with Gasteiger partial charge in [-0.05, 0) is 36.4 Å². The van der Waals surface area contributed by atoms with Gasteiger partial charge in [-0.2, -0.15) is 0 Å². The fourth-order valence-corrected chi connectivity index (χ4v) is 1.98. The van der Waals surface area contributed by atoms with Gasteiger partial charge in [0.2, 0.25) is 5.88 Å². The summed E-state index contributed by atoms with van der Waals surface area (Å²) in [5.74, 6) is 1.91. The van der Waals surface area contributed by atoms with Crippen molar-refractivity contribution in [3.05, 3.63) is 60.7 Å². The number of nitrogens with two attached hydrogens (primary N) is 1. The molecule has 0 spiro atoms. The van der Waals surface area contributed by atoms with E-state index in [9.17, 15) is 0 Å². The number of anilines is 1. The molecule has 0 fully saturated rings.